The average Bonchev–Trinajstić information content (AvgIpc) is 2.97. The topological polar surface area (TPSA) is 46.1 Å². The van der Waals surface area contributed by atoms with Crippen molar-refractivity contribution in [3.63, 3.8) is 0 Å². The Bertz CT molecular complexity index is 618. The van der Waals surface area contributed by atoms with Gasteiger partial charge in [0.25, 0.3) is 5.91 Å². The van der Waals surface area contributed by atoms with Gasteiger partial charge in [0, 0.05) is 25.1 Å². The van der Waals surface area contributed by atoms with Crippen molar-refractivity contribution < 1.29 is 4.79 Å². The van der Waals surface area contributed by atoms with E-state index in [0.717, 1.165) is 24.9 Å². The molecule has 0 saturated carbocycles. The second kappa shape index (κ2) is 5.59. The van der Waals surface area contributed by atoms with Crippen molar-refractivity contribution in [2.45, 2.75) is 18.9 Å². The zero-order valence-corrected chi connectivity index (χ0v) is 11.6. The number of carbonyl (C=O) groups excluding carboxylic acids is 1. The van der Waals surface area contributed by atoms with Gasteiger partial charge in [0.15, 0.2) is 0 Å². The van der Waals surface area contributed by atoms with E-state index in [1.54, 1.807) is 30.7 Å². The molecule has 2 aromatic rings. The zero-order chi connectivity index (χ0) is 13.9. The van der Waals surface area contributed by atoms with Gasteiger partial charge in [-0.25, -0.2) is 4.98 Å². The molecule has 0 aromatic carbocycles. The van der Waals surface area contributed by atoms with Gasteiger partial charge in [-0.15, -0.1) is 0 Å². The molecule has 0 N–H and O–H groups in total. The minimum Gasteiger partial charge on any atom is -0.332 e. The van der Waals surface area contributed by atoms with E-state index in [-0.39, 0.29) is 17.1 Å². The van der Waals surface area contributed by atoms with Crippen molar-refractivity contribution in [2.24, 2.45) is 0 Å². The monoisotopic (exact) mass is 287 g/mol. The normalized spacial score (nSPS) is 18.2. The molecule has 1 saturated heterocycles. The lowest BCUT2D eigenvalue weighted by molar-refractivity contribution is 0.0735. The number of halogens is 1. The smallest absolute Gasteiger partial charge is 0.257 e. The summed E-state index contributed by atoms with van der Waals surface area (Å²) in [4.78, 5) is 22.5. The van der Waals surface area contributed by atoms with E-state index >= 15 is 0 Å². The predicted molar refractivity (Wildman–Crippen MR) is 76.5 cm³/mol. The number of carbonyl (C=O) groups is 1. The lowest BCUT2D eigenvalue weighted by Gasteiger charge is -2.25. The van der Waals surface area contributed by atoms with Gasteiger partial charge in [0.2, 0.25) is 0 Å². The SMILES string of the molecule is O=C(c1cccnc1Cl)N1CCCC1c1ccncc1. The predicted octanol–water partition coefficient (Wildman–Crippen LogP) is 3.11. The van der Waals surface area contributed by atoms with E-state index in [1.807, 2.05) is 17.0 Å². The van der Waals surface area contributed by atoms with E-state index in [0.29, 0.717) is 5.56 Å². The van der Waals surface area contributed by atoms with Gasteiger partial charge >= 0.3 is 0 Å². The Morgan fingerprint density at radius 3 is 2.80 bits per heavy atom. The molecule has 2 aromatic heterocycles. The molecule has 1 atom stereocenters. The summed E-state index contributed by atoms with van der Waals surface area (Å²) in [5.74, 6) is -0.0533. The fourth-order valence-corrected chi connectivity index (χ4v) is 2.84. The fraction of sp³-hybridized carbons (Fsp3) is 0.267. The largest absolute Gasteiger partial charge is 0.332 e. The van der Waals surface area contributed by atoms with Crippen LogP contribution in [0.3, 0.4) is 0 Å². The summed E-state index contributed by atoms with van der Waals surface area (Å²) in [5, 5.41) is 0.262. The molecule has 3 rings (SSSR count). The Kier molecular flexibility index (Phi) is 3.65. The van der Waals surface area contributed by atoms with Crippen LogP contribution in [0, 0.1) is 0 Å². The average molecular weight is 288 g/mol. The molecule has 1 aliphatic heterocycles. The molecular weight excluding hydrogens is 274 g/mol. The van der Waals surface area contributed by atoms with E-state index in [1.165, 1.54) is 0 Å². The van der Waals surface area contributed by atoms with Crippen molar-refractivity contribution in [1.82, 2.24) is 14.9 Å². The third kappa shape index (κ3) is 2.39. The molecule has 0 radical (unpaired) electrons. The number of hydrogen-bond donors (Lipinski definition) is 0. The second-order valence-electron chi connectivity index (χ2n) is 4.78. The summed E-state index contributed by atoms with van der Waals surface area (Å²) < 4.78 is 0. The maximum Gasteiger partial charge on any atom is 0.257 e. The molecule has 1 amide bonds. The number of nitrogens with zero attached hydrogens (tertiary/aromatic N) is 3. The number of likely N-dealkylation sites (tertiary alicyclic amines) is 1. The van der Waals surface area contributed by atoms with Gasteiger partial charge in [-0.2, -0.15) is 0 Å². The van der Waals surface area contributed by atoms with Crippen molar-refractivity contribution in [1.29, 1.82) is 0 Å². The van der Waals surface area contributed by atoms with E-state index < -0.39 is 0 Å². The number of hydrogen-bond acceptors (Lipinski definition) is 3. The molecule has 0 bridgehead atoms. The number of pyridine rings is 2. The van der Waals surface area contributed by atoms with Crippen LogP contribution in [0.5, 0.6) is 0 Å². The second-order valence-corrected chi connectivity index (χ2v) is 5.14. The highest BCUT2D eigenvalue weighted by molar-refractivity contribution is 6.32. The summed E-state index contributed by atoms with van der Waals surface area (Å²) in [6.45, 7) is 0.747. The van der Waals surface area contributed by atoms with Gasteiger partial charge < -0.3 is 4.90 Å². The van der Waals surface area contributed by atoms with Crippen LogP contribution in [0.1, 0.15) is 34.8 Å². The van der Waals surface area contributed by atoms with E-state index in [2.05, 4.69) is 9.97 Å². The van der Waals surface area contributed by atoms with Gasteiger partial charge in [0.05, 0.1) is 11.6 Å². The quantitative estimate of drug-likeness (QED) is 0.797. The van der Waals surface area contributed by atoms with Gasteiger partial charge in [0.1, 0.15) is 5.15 Å². The highest BCUT2D eigenvalue weighted by Crippen LogP contribution is 2.33. The first-order valence-electron chi connectivity index (χ1n) is 6.59. The van der Waals surface area contributed by atoms with Crippen LogP contribution in [0.25, 0.3) is 0 Å². The Hall–Kier alpha value is -1.94. The van der Waals surface area contributed by atoms with Crippen molar-refractivity contribution >= 4 is 17.5 Å². The molecular formula is C15H14ClN3O. The fourth-order valence-electron chi connectivity index (χ4n) is 2.64. The summed E-state index contributed by atoms with van der Waals surface area (Å²) in [5.41, 5.74) is 1.58. The summed E-state index contributed by atoms with van der Waals surface area (Å²) in [6, 6.07) is 7.47. The molecule has 1 fully saturated rings. The van der Waals surface area contributed by atoms with Crippen LogP contribution in [0.15, 0.2) is 42.9 Å². The summed E-state index contributed by atoms with van der Waals surface area (Å²) in [7, 11) is 0. The first kappa shape index (κ1) is 13.1. The molecule has 0 aliphatic carbocycles. The van der Waals surface area contributed by atoms with Gasteiger partial charge in [-0.1, -0.05) is 11.6 Å². The van der Waals surface area contributed by atoms with Crippen molar-refractivity contribution in [2.75, 3.05) is 6.54 Å². The number of aromatic nitrogens is 2. The highest BCUT2D eigenvalue weighted by atomic mass is 35.5. The molecule has 102 valence electrons. The first-order valence-corrected chi connectivity index (χ1v) is 6.96. The molecule has 1 aliphatic rings. The molecule has 3 heterocycles. The molecule has 0 spiro atoms. The zero-order valence-electron chi connectivity index (χ0n) is 10.9. The Labute approximate surface area is 122 Å². The Morgan fingerprint density at radius 1 is 1.25 bits per heavy atom. The number of amides is 1. The van der Waals surface area contributed by atoms with Crippen LogP contribution in [0.4, 0.5) is 0 Å². The Morgan fingerprint density at radius 2 is 2.05 bits per heavy atom. The Balaban J connectivity index is 1.90. The van der Waals surface area contributed by atoms with Crippen molar-refractivity contribution in [3.8, 4) is 0 Å². The van der Waals surface area contributed by atoms with Crippen LogP contribution < -0.4 is 0 Å². The first-order chi connectivity index (χ1) is 9.77. The van der Waals surface area contributed by atoms with E-state index in [4.69, 9.17) is 11.6 Å². The van der Waals surface area contributed by atoms with E-state index in [9.17, 15) is 4.79 Å². The lowest BCUT2D eigenvalue weighted by atomic mass is 10.1. The van der Waals surface area contributed by atoms with Crippen LogP contribution >= 0.6 is 11.6 Å². The maximum atomic E-state index is 12.6. The number of rotatable bonds is 2. The van der Waals surface area contributed by atoms with Gasteiger partial charge in [-0.3, -0.25) is 9.78 Å². The highest BCUT2D eigenvalue weighted by Gasteiger charge is 2.31. The molecule has 4 nitrogen and oxygen atoms in total. The minimum absolute atomic E-state index is 0.0533. The van der Waals surface area contributed by atoms with Gasteiger partial charge in [-0.05, 0) is 42.7 Å². The van der Waals surface area contributed by atoms with Crippen LogP contribution in [-0.4, -0.2) is 27.3 Å². The summed E-state index contributed by atoms with van der Waals surface area (Å²) >= 11 is 6.02. The minimum atomic E-state index is -0.0533. The van der Waals surface area contributed by atoms with Crippen molar-refractivity contribution in [3.05, 3.63) is 59.1 Å². The molecule has 5 heteroatoms. The summed E-state index contributed by atoms with van der Waals surface area (Å²) in [6.07, 6.45) is 7.06. The third-order valence-corrected chi connectivity index (χ3v) is 3.90. The van der Waals surface area contributed by atoms with Crippen LogP contribution in [-0.2, 0) is 0 Å². The lowest BCUT2D eigenvalue weighted by Crippen LogP contribution is -2.30. The third-order valence-electron chi connectivity index (χ3n) is 3.59. The molecule has 1 unspecified atom stereocenters. The maximum absolute atomic E-state index is 12.6. The standard InChI is InChI=1S/C15H14ClN3O/c16-14-12(3-1-7-18-14)15(20)19-10-2-4-13(19)11-5-8-17-9-6-11/h1,3,5-9,13H,2,4,10H2. The van der Waals surface area contributed by atoms with Crippen LogP contribution in [0.2, 0.25) is 5.15 Å². The molecule has 20 heavy (non-hydrogen) atoms.